The molecule has 0 unspecified atom stereocenters. The van der Waals surface area contributed by atoms with Gasteiger partial charge < -0.3 is 30.7 Å². The lowest BCUT2D eigenvalue weighted by Gasteiger charge is -2.11. The number of hydrogen-bond donors (Lipinski definition) is 3. The average molecular weight is 405 g/mol. The molecule has 0 radical (unpaired) electrons. The van der Waals surface area contributed by atoms with Crippen molar-refractivity contribution < 1.29 is 23.5 Å². The van der Waals surface area contributed by atoms with Gasteiger partial charge in [0.2, 0.25) is 0 Å². The van der Waals surface area contributed by atoms with Gasteiger partial charge in [-0.25, -0.2) is 4.79 Å². The number of fused-ring (bicyclic) bond motifs is 3. The number of nitrogens with two attached hydrogens (primary N) is 2. The summed E-state index contributed by atoms with van der Waals surface area (Å²) in [5.41, 5.74) is 13.9. The molecule has 5 N–H and O–H groups in total. The van der Waals surface area contributed by atoms with Gasteiger partial charge in [-0.2, -0.15) is 0 Å². The molecule has 30 heavy (non-hydrogen) atoms. The zero-order valence-corrected chi connectivity index (χ0v) is 16.1. The van der Waals surface area contributed by atoms with Crippen molar-refractivity contribution >= 4 is 50.9 Å². The van der Waals surface area contributed by atoms with Crippen LogP contribution in [0.2, 0.25) is 0 Å². The maximum absolute atomic E-state index is 12.3. The van der Waals surface area contributed by atoms with Gasteiger partial charge in [0.05, 0.1) is 18.4 Å². The highest BCUT2D eigenvalue weighted by atomic mass is 16.5. The summed E-state index contributed by atoms with van der Waals surface area (Å²) in [6, 6.07) is 15.4. The lowest BCUT2D eigenvalue weighted by molar-refractivity contribution is -0.119. The molecule has 0 aliphatic rings. The normalized spacial score (nSPS) is 10.8. The lowest BCUT2D eigenvalue weighted by atomic mass is 10.1. The Morgan fingerprint density at radius 2 is 1.70 bits per heavy atom. The summed E-state index contributed by atoms with van der Waals surface area (Å²) in [5, 5.41) is 4.49. The molecule has 0 saturated carbocycles. The highest BCUT2D eigenvalue weighted by molar-refractivity contribution is 6.08. The van der Waals surface area contributed by atoms with Gasteiger partial charge in [-0.1, -0.05) is 18.2 Å². The van der Waals surface area contributed by atoms with Crippen LogP contribution in [0.15, 0.2) is 59.0 Å². The van der Waals surface area contributed by atoms with E-state index in [0.717, 1.165) is 16.4 Å². The maximum Gasteiger partial charge on any atom is 0.338 e. The Hall–Kier alpha value is -4.20. The van der Waals surface area contributed by atoms with Crippen molar-refractivity contribution in [3.63, 3.8) is 0 Å². The number of hydrogen-bond acceptors (Lipinski definition) is 7. The number of nitrogen functional groups attached to an aromatic ring is 2. The van der Waals surface area contributed by atoms with Gasteiger partial charge in [0.1, 0.15) is 16.9 Å². The summed E-state index contributed by atoms with van der Waals surface area (Å²) in [6.07, 6.45) is 0. The molecule has 0 aliphatic carbocycles. The predicted molar refractivity (Wildman–Crippen MR) is 114 cm³/mol. The summed E-state index contributed by atoms with van der Waals surface area (Å²) < 4.78 is 16.3. The summed E-state index contributed by atoms with van der Waals surface area (Å²) >= 11 is 0. The number of para-hydroxylation sites is 1. The molecule has 0 aliphatic heterocycles. The molecular weight excluding hydrogens is 386 g/mol. The number of ether oxygens (including phenoxy) is 2. The van der Waals surface area contributed by atoms with E-state index in [-0.39, 0.29) is 5.56 Å². The van der Waals surface area contributed by atoms with Gasteiger partial charge in [0.25, 0.3) is 5.91 Å². The van der Waals surface area contributed by atoms with E-state index < -0.39 is 18.5 Å². The Labute approximate surface area is 171 Å². The minimum atomic E-state index is -0.705. The molecule has 1 amide bonds. The van der Waals surface area contributed by atoms with Crippen molar-refractivity contribution in [2.75, 3.05) is 30.5 Å². The average Bonchev–Trinajstić information content (AvgIpc) is 3.08. The largest absolute Gasteiger partial charge is 0.495 e. The van der Waals surface area contributed by atoms with E-state index in [0.29, 0.717) is 28.4 Å². The molecule has 1 aromatic heterocycles. The molecule has 0 atom stereocenters. The van der Waals surface area contributed by atoms with E-state index in [1.807, 2.05) is 24.3 Å². The summed E-state index contributed by atoms with van der Waals surface area (Å²) in [4.78, 5) is 24.5. The van der Waals surface area contributed by atoms with Crippen LogP contribution in [0.25, 0.3) is 21.9 Å². The first kappa shape index (κ1) is 19.1. The van der Waals surface area contributed by atoms with Crippen LogP contribution in [0.3, 0.4) is 0 Å². The second-order valence-electron chi connectivity index (χ2n) is 6.66. The fraction of sp³-hybridized carbons (Fsp3) is 0.0909. The first-order valence-corrected chi connectivity index (χ1v) is 9.07. The molecule has 4 aromatic rings. The molecular formula is C22H19N3O5. The van der Waals surface area contributed by atoms with Crippen molar-refractivity contribution in [1.29, 1.82) is 0 Å². The minimum absolute atomic E-state index is 0.168. The highest BCUT2D eigenvalue weighted by Crippen LogP contribution is 2.36. The van der Waals surface area contributed by atoms with Gasteiger partial charge in [0, 0.05) is 28.2 Å². The van der Waals surface area contributed by atoms with Gasteiger partial charge in [-0.15, -0.1) is 0 Å². The molecule has 0 bridgehead atoms. The lowest BCUT2D eigenvalue weighted by Crippen LogP contribution is -2.21. The van der Waals surface area contributed by atoms with Crippen LogP contribution in [0, 0.1) is 0 Å². The van der Waals surface area contributed by atoms with Gasteiger partial charge >= 0.3 is 5.97 Å². The monoisotopic (exact) mass is 405 g/mol. The van der Waals surface area contributed by atoms with E-state index >= 15 is 0 Å². The second kappa shape index (κ2) is 7.67. The van der Waals surface area contributed by atoms with Crippen LogP contribution >= 0.6 is 0 Å². The maximum atomic E-state index is 12.3. The van der Waals surface area contributed by atoms with Crippen LogP contribution in [0.4, 0.5) is 17.1 Å². The number of rotatable bonds is 5. The first-order chi connectivity index (χ1) is 14.4. The Morgan fingerprint density at radius 3 is 2.43 bits per heavy atom. The summed E-state index contributed by atoms with van der Waals surface area (Å²) in [5.74, 6) is -0.782. The van der Waals surface area contributed by atoms with E-state index in [1.165, 1.54) is 25.3 Å². The van der Waals surface area contributed by atoms with E-state index in [4.69, 9.17) is 25.4 Å². The van der Waals surface area contributed by atoms with Gasteiger partial charge in [-0.3, -0.25) is 4.79 Å². The van der Waals surface area contributed by atoms with Crippen LogP contribution in [-0.4, -0.2) is 25.6 Å². The minimum Gasteiger partial charge on any atom is -0.495 e. The Balaban J connectivity index is 1.51. The molecule has 0 spiro atoms. The first-order valence-electron chi connectivity index (χ1n) is 9.07. The van der Waals surface area contributed by atoms with Crippen molar-refractivity contribution in [2.24, 2.45) is 0 Å². The van der Waals surface area contributed by atoms with Crippen LogP contribution in [0.5, 0.6) is 5.75 Å². The fourth-order valence-electron chi connectivity index (χ4n) is 3.21. The molecule has 8 heteroatoms. The second-order valence-corrected chi connectivity index (χ2v) is 6.66. The summed E-state index contributed by atoms with van der Waals surface area (Å²) in [6.45, 7) is -0.491. The zero-order valence-electron chi connectivity index (χ0n) is 16.1. The number of carbonyl (C=O) groups is 2. The quantitative estimate of drug-likeness (QED) is 0.342. The Morgan fingerprint density at radius 1 is 0.967 bits per heavy atom. The third-order valence-corrected chi connectivity index (χ3v) is 4.52. The SMILES string of the molecule is COc1cc2c(cc1NC(=O)COC(=O)c1cc(N)cc(N)c1)oc1ccccc12. The highest BCUT2D eigenvalue weighted by Gasteiger charge is 2.16. The number of anilines is 3. The molecule has 1 heterocycles. The topological polar surface area (TPSA) is 130 Å². The van der Waals surface area contributed by atoms with Gasteiger partial charge in [0.15, 0.2) is 6.61 Å². The predicted octanol–water partition coefficient (Wildman–Crippen LogP) is 3.55. The number of carbonyl (C=O) groups excluding carboxylic acids is 2. The number of benzene rings is 3. The molecule has 0 fully saturated rings. The fourth-order valence-corrected chi connectivity index (χ4v) is 3.21. The summed E-state index contributed by atoms with van der Waals surface area (Å²) in [7, 11) is 1.50. The van der Waals surface area contributed by atoms with E-state index in [1.54, 1.807) is 12.1 Å². The van der Waals surface area contributed by atoms with Crippen molar-refractivity contribution in [3.05, 3.63) is 60.2 Å². The number of esters is 1. The Bertz CT molecular complexity index is 1260. The number of nitrogens with one attached hydrogen (secondary N) is 1. The molecule has 8 nitrogen and oxygen atoms in total. The third-order valence-electron chi connectivity index (χ3n) is 4.52. The van der Waals surface area contributed by atoms with Crippen molar-refractivity contribution in [2.45, 2.75) is 0 Å². The number of methoxy groups -OCH3 is 1. The van der Waals surface area contributed by atoms with Crippen LogP contribution in [-0.2, 0) is 9.53 Å². The Kier molecular flexibility index (Phi) is 4.89. The molecule has 4 rings (SSSR count). The standard InChI is InChI=1S/C22H19N3O5/c1-28-20-9-16-15-4-2-3-5-18(15)30-19(16)10-17(20)25-21(26)11-29-22(27)12-6-13(23)8-14(24)7-12/h2-10H,11,23-24H2,1H3,(H,25,26). The van der Waals surface area contributed by atoms with Gasteiger partial charge in [-0.05, 0) is 30.3 Å². The molecule has 0 saturated heterocycles. The van der Waals surface area contributed by atoms with Crippen LogP contribution in [0.1, 0.15) is 10.4 Å². The number of furan rings is 1. The number of amides is 1. The third kappa shape index (κ3) is 3.70. The molecule has 152 valence electrons. The molecule has 3 aromatic carbocycles. The zero-order chi connectivity index (χ0) is 21.3. The van der Waals surface area contributed by atoms with Crippen molar-refractivity contribution in [3.8, 4) is 5.75 Å². The smallest absolute Gasteiger partial charge is 0.338 e. The van der Waals surface area contributed by atoms with E-state index in [2.05, 4.69) is 5.32 Å². The van der Waals surface area contributed by atoms with E-state index in [9.17, 15) is 9.59 Å². The van der Waals surface area contributed by atoms with Crippen LogP contribution < -0.4 is 21.5 Å². The van der Waals surface area contributed by atoms with Crippen molar-refractivity contribution in [1.82, 2.24) is 0 Å².